The van der Waals surface area contributed by atoms with Gasteiger partial charge in [-0.1, -0.05) is 43.1 Å². The van der Waals surface area contributed by atoms with Crippen molar-refractivity contribution in [1.29, 1.82) is 0 Å². The quantitative estimate of drug-likeness (QED) is 0.737. The maximum atomic E-state index is 11.9. The summed E-state index contributed by atoms with van der Waals surface area (Å²) in [6, 6.07) is 0. The van der Waals surface area contributed by atoms with Crippen molar-refractivity contribution in [3.63, 3.8) is 0 Å². The van der Waals surface area contributed by atoms with Gasteiger partial charge in [-0.2, -0.15) is 0 Å². The number of ketones is 1. The van der Waals surface area contributed by atoms with E-state index >= 15 is 0 Å². The van der Waals surface area contributed by atoms with Gasteiger partial charge in [0.1, 0.15) is 5.78 Å². The van der Waals surface area contributed by atoms with Crippen molar-refractivity contribution in [2.45, 2.75) is 71.3 Å². The standard InChI is InChI=1S/C20H28O2/c1-3-12-10-13-11-14(21)4-5-15(13)16-8-9-20(2)17(19(12)16)6-7-18(20)22/h6,12,16,18-19,22H,3-5,7-11H2,1-2H3/t12-,16-,18+,19-,20+/m1/s1. The lowest BCUT2D eigenvalue weighted by Crippen LogP contribution is -2.44. The molecule has 0 amide bonds. The van der Waals surface area contributed by atoms with Gasteiger partial charge in [0.15, 0.2) is 0 Å². The number of fused-ring (bicyclic) bond motifs is 4. The number of carbonyl (C=O) groups is 1. The second-order valence-corrected chi connectivity index (χ2v) is 8.22. The Morgan fingerprint density at radius 2 is 2.18 bits per heavy atom. The maximum absolute atomic E-state index is 11.9. The van der Waals surface area contributed by atoms with Crippen molar-refractivity contribution in [3.8, 4) is 0 Å². The molecular weight excluding hydrogens is 272 g/mol. The van der Waals surface area contributed by atoms with Gasteiger partial charge >= 0.3 is 0 Å². The van der Waals surface area contributed by atoms with E-state index in [2.05, 4.69) is 19.9 Å². The fraction of sp³-hybridized carbons (Fsp3) is 0.750. The molecule has 0 aliphatic heterocycles. The molecule has 22 heavy (non-hydrogen) atoms. The number of aliphatic hydroxyl groups excluding tert-OH is 1. The Bertz CT molecular complexity index is 570. The molecule has 4 aliphatic carbocycles. The van der Waals surface area contributed by atoms with Crippen LogP contribution in [0.5, 0.6) is 0 Å². The Hall–Kier alpha value is -0.890. The van der Waals surface area contributed by atoms with Crippen molar-refractivity contribution in [2.24, 2.45) is 23.2 Å². The number of rotatable bonds is 1. The van der Waals surface area contributed by atoms with E-state index < -0.39 is 0 Å². The van der Waals surface area contributed by atoms with Gasteiger partial charge < -0.3 is 5.11 Å². The van der Waals surface area contributed by atoms with Crippen LogP contribution in [0.2, 0.25) is 0 Å². The molecule has 0 heterocycles. The second kappa shape index (κ2) is 5.06. The summed E-state index contributed by atoms with van der Waals surface area (Å²) in [6.45, 7) is 4.59. The molecule has 0 unspecified atom stereocenters. The summed E-state index contributed by atoms with van der Waals surface area (Å²) < 4.78 is 0. The minimum absolute atomic E-state index is 0.0249. The zero-order chi connectivity index (χ0) is 15.5. The van der Waals surface area contributed by atoms with E-state index in [9.17, 15) is 9.90 Å². The summed E-state index contributed by atoms with van der Waals surface area (Å²) in [7, 11) is 0. The van der Waals surface area contributed by atoms with Crippen LogP contribution in [0.4, 0.5) is 0 Å². The van der Waals surface area contributed by atoms with Crippen LogP contribution >= 0.6 is 0 Å². The number of hydrogen-bond donors (Lipinski definition) is 1. The molecule has 0 saturated heterocycles. The molecule has 0 aromatic carbocycles. The minimum atomic E-state index is -0.177. The van der Waals surface area contributed by atoms with Crippen LogP contribution in [-0.2, 0) is 4.79 Å². The first-order chi connectivity index (χ1) is 10.5. The number of Topliss-reactive ketones (excluding diaryl/α,β-unsaturated/α-hetero) is 1. The Labute approximate surface area is 133 Å². The third-order valence-electron chi connectivity index (χ3n) is 7.25. The predicted molar refractivity (Wildman–Crippen MR) is 87.3 cm³/mol. The highest BCUT2D eigenvalue weighted by Crippen LogP contribution is 2.60. The molecule has 0 spiro atoms. The number of hydrogen-bond acceptors (Lipinski definition) is 2. The Kier molecular flexibility index (Phi) is 3.38. The van der Waals surface area contributed by atoms with E-state index in [1.54, 1.807) is 11.1 Å². The Morgan fingerprint density at radius 3 is 2.95 bits per heavy atom. The first-order valence-corrected chi connectivity index (χ1v) is 9.15. The van der Waals surface area contributed by atoms with Crippen molar-refractivity contribution in [3.05, 3.63) is 22.8 Å². The van der Waals surface area contributed by atoms with Crippen molar-refractivity contribution >= 4 is 5.78 Å². The number of carbonyl (C=O) groups excluding carboxylic acids is 1. The van der Waals surface area contributed by atoms with Gasteiger partial charge in [-0.3, -0.25) is 4.79 Å². The zero-order valence-corrected chi connectivity index (χ0v) is 13.9. The molecule has 0 radical (unpaired) electrons. The monoisotopic (exact) mass is 300 g/mol. The second-order valence-electron chi connectivity index (χ2n) is 8.22. The molecule has 1 saturated carbocycles. The summed E-state index contributed by atoms with van der Waals surface area (Å²) >= 11 is 0. The molecule has 4 rings (SSSR count). The highest BCUT2D eigenvalue weighted by atomic mass is 16.3. The van der Waals surface area contributed by atoms with Crippen molar-refractivity contribution in [1.82, 2.24) is 0 Å². The third-order valence-corrected chi connectivity index (χ3v) is 7.25. The Morgan fingerprint density at radius 1 is 1.36 bits per heavy atom. The lowest BCUT2D eigenvalue weighted by Gasteiger charge is -2.52. The van der Waals surface area contributed by atoms with E-state index in [1.165, 1.54) is 18.4 Å². The normalized spacial score (nSPS) is 44.3. The molecular formula is C20H28O2. The molecule has 0 aromatic rings. The SMILES string of the molecule is CC[C@@H]1CC2=C(CCC(=O)C2)[C@H]2CC[C@@]3(C)C(=CC[C@@H]3O)[C@H]12. The van der Waals surface area contributed by atoms with E-state index in [1.807, 2.05) is 0 Å². The van der Waals surface area contributed by atoms with Crippen LogP contribution < -0.4 is 0 Å². The minimum Gasteiger partial charge on any atom is -0.392 e. The van der Waals surface area contributed by atoms with Gasteiger partial charge in [0.05, 0.1) is 6.10 Å². The van der Waals surface area contributed by atoms with Gasteiger partial charge in [0.2, 0.25) is 0 Å². The first kappa shape index (κ1) is 14.7. The molecule has 0 bridgehead atoms. The highest BCUT2D eigenvalue weighted by molar-refractivity contribution is 5.82. The molecule has 2 nitrogen and oxygen atoms in total. The van der Waals surface area contributed by atoms with Crippen LogP contribution in [0, 0.1) is 23.2 Å². The molecule has 0 aromatic heterocycles. The fourth-order valence-corrected chi connectivity index (χ4v) is 5.96. The summed E-state index contributed by atoms with van der Waals surface area (Å²) in [5.74, 6) is 2.41. The van der Waals surface area contributed by atoms with Crippen molar-refractivity contribution in [2.75, 3.05) is 0 Å². The molecule has 4 aliphatic rings. The van der Waals surface area contributed by atoms with Crippen LogP contribution in [0.15, 0.2) is 22.8 Å². The summed E-state index contributed by atoms with van der Waals surface area (Å²) in [4.78, 5) is 11.9. The van der Waals surface area contributed by atoms with Gasteiger partial charge in [0, 0.05) is 18.3 Å². The first-order valence-electron chi connectivity index (χ1n) is 9.15. The van der Waals surface area contributed by atoms with E-state index in [0.29, 0.717) is 23.5 Å². The largest absolute Gasteiger partial charge is 0.392 e. The van der Waals surface area contributed by atoms with Gasteiger partial charge in [-0.15, -0.1) is 0 Å². The van der Waals surface area contributed by atoms with Crippen molar-refractivity contribution < 1.29 is 9.90 Å². The van der Waals surface area contributed by atoms with Gasteiger partial charge in [-0.25, -0.2) is 0 Å². The fourth-order valence-electron chi connectivity index (χ4n) is 5.96. The predicted octanol–water partition coefficient (Wildman–Crippen LogP) is 4.19. The van der Waals surface area contributed by atoms with E-state index in [-0.39, 0.29) is 11.5 Å². The van der Waals surface area contributed by atoms with Crippen LogP contribution in [0.25, 0.3) is 0 Å². The molecule has 5 atom stereocenters. The molecule has 120 valence electrons. The Balaban J connectivity index is 1.75. The lowest BCUT2D eigenvalue weighted by molar-refractivity contribution is -0.119. The molecule has 2 heteroatoms. The van der Waals surface area contributed by atoms with Crippen LogP contribution in [-0.4, -0.2) is 17.0 Å². The zero-order valence-electron chi connectivity index (χ0n) is 13.9. The van der Waals surface area contributed by atoms with Crippen LogP contribution in [0.3, 0.4) is 0 Å². The maximum Gasteiger partial charge on any atom is 0.137 e. The smallest absolute Gasteiger partial charge is 0.137 e. The number of aliphatic hydroxyl groups is 1. The number of allylic oxidation sites excluding steroid dienone is 2. The highest BCUT2D eigenvalue weighted by Gasteiger charge is 2.52. The average molecular weight is 300 g/mol. The van der Waals surface area contributed by atoms with Gasteiger partial charge in [0.25, 0.3) is 0 Å². The summed E-state index contributed by atoms with van der Waals surface area (Å²) in [5.41, 5.74) is 4.72. The summed E-state index contributed by atoms with van der Waals surface area (Å²) in [5, 5.41) is 10.5. The van der Waals surface area contributed by atoms with E-state index in [4.69, 9.17) is 0 Å². The lowest BCUT2D eigenvalue weighted by atomic mass is 9.53. The van der Waals surface area contributed by atoms with Crippen LogP contribution in [0.1, 0.15) is 65.2 Å². The van der Waals surface area contributed by atoms with Gasteiger partial charge in [-0.05, 0) is 49.9 Å². The molecule has 1 fully saturated rings. The third kappa shape index (κ3) is 1.92. The summed E-state index contributed by atoms with van der Waals surface area (Å²) in [6.07, 6.45) is 10.2. The average Bonchev–Trinajstić information content (AvgIpc) is 2.81. The topological polar surface area (TPSA) is 37.3 Å². The molecule has 1 N–H and O–H groups in total. The van der Waals surface area contributed by atoms with E-state index in [0.717, 1.165) is 38.5 Å².